The molecule has 0 bridgehead atoms. The third kappa shape index (κ3) is 8.98. The van der Waals surface area contributed by atoms with Gasteiger partial charge in [0.05, 0.1) is 0 Å². The second-order valence-electron chi connectivity index (χ2n) is 2.78. The Labute approximate surface area is 88.2 Å². The first-order valence-corrected chi connectivity index (χ1v) is 5.14. The van der Waals surface area contributed by atoms with Crippen LogP contribution in [0.5, 0.6) is 0 Å². The highest BCUT2D eigenvalue weighted by Gasteiger charge is 2.00. The van der Waals surface area contributed by atoms with E-state index in [0.717, 1.165) is 12.7 Å². The third-order valence-electron chi connectivity index (χ3n) is 1.61. The van der Waals surface area contributed by atoms with Crippen LogP contribution in [0.25, 0.3) is 0 Å². The van der Waals surface area contributed by atoms with Crippen molar-refractivity contribution in [3.05, 3.63) is 36.5 Å². The molecule has 0 saturated carbocycles. The Kier molecular flexibility index (Phi) is 13.1. The van der Waals surface area contributed by atoms with Gasteiger partial charge in [0.25, 0.3) is 0 Å². The number of rotatable bonds is 5. The molecule has 0 heterocycles. The van der Waals surface area contributed by atoms with Crippen LogP contribution in [0.3, 0.4) is 0 Å². The zero-order chi connectivity index (χ0) is 11.4. The SMILES string of the molecule is C=C/C=C\C(=C/C)CC(C)C=O.CC. The fourth-order valence-corrected chi connectivity index (χ4v) is 0.894. The highest BCUT2D eigenvalue weighted by molar-refractivity contribution is 5.53. The fraction of sp³-hybridized carbons (Fsp3) is 0.462. The van der Waals surface area contributed by atoms with Crippen LogP contribution in [0, 0.1) is 5.92 Å². The van der Waals surface area contributed by atoms with Crippen LogP contribution in [-0.4, -0.2) is 6.29 Å². The lowest BCUT2D eigenvalue weighted by Crippen LogP contribution is -1.96. The molecule has 0 saturated heterocycles. The van der Waals surface area contributed by atoms with Crippen LogP contribution >= 0.6 is 0 Å². The van der Waals surface area contributed by atoms with Crippen molar-refractivity contribution in [1.29, 1.82) is 0 Å². The second-order valence-corrected chi connectivity index (χ2v) is 2.78. The molecule has 0 amide bonds. The molecule has 80 valence electrons. The van der Waals surface area contributed by atoms with Gasteiger partial charge in [-0.15, -0.1) is 0 Å². The molecule has 14 heavy (non-hydrogen) atoms. The third-order valence-corrected chi connectivity index (χ3v) is 1.61. The molecule has 0 fully saturated rings. The van der Waals surface area contributed by atoms with Crippen LogP contribution < -0.4 is 0 Å². The summed E-state index contributed by atoms with van der Waals surface area (Å²) in [4.78, 5) is 10.4. The molecule has 0 N–H and O–H groups in total. The number of hydrogen-bond acceptors (Lipinski definition) is 1. The number of carbonyl (C=O) groups excluding carboxylic acids is 1. The van der Waals surface area contributed by atoms with E-state index in [0.29, 0.717) is 0 Å². The summed E-state index contributed by atoms with van der Waals surface area (Å²) in [6, 6.07) is 0. The van der Waals surface area contributed by atoms with Crippen molar-refractivity contribution in [2.24, 2.45) is 5.92 Å². The Bertz CT molecular complexity index is 199. The first kappa shape index (κ1) is 15.4. The van der Waals surface area contributed by atoms with Crippen LogP contribution in [0.4, 0.5) is 0 Å². The number of allylic oxidation sites excluding steroid dienone is 5. The van der Waals surface area contributed by atoms with Gasteiger partial charge >= 0.3 is 0 Å². The average molecular weight is 194 g/mol. The Morgan fingerprint density at radius 1 is 1.43 bits per heavy atom. The lowest BCUT2D eigenvalue weighted by atomic mass is 10.0. The van der Waals surface area contributed by atoms with Gasteiger partial charge in [-0.2, -0.15) is 0 Å². The first-order valence-electron chi connectivity index (χ1n) is 5.14. The Morgan fingerprint density at radius 3 is 2.36 bits per heavy atom. The minimum absolute atomic E-state index is 0.102. The van der Waals surface area contributed by atoms with Crippen molar-refractivity contribution in [2.75, 3.05) is 0 Å². The minimum atomic E-state index is 0.102. The van der Waals surface area contributed by atoms with E-state index < -0.39 is 0 Å². The van der Waals surface area contributed by atoms with Gasteiger partial charge in [0, 0.05) is 5.92 Å². The fourth-order valence-electron chi connectivity index (χ4n) is 0.894. The molecule has 0 spiro atoms. The summed E-state index contributed by atoms with van der Waals surface area (Å²) in [7, 11) is 0. The smallest absolute Gasteiger partial charge is 0.123 e. The Hall–Kier alpha value is -1.11. The van der Waals surface area contributed by atoms with Crippen molar-refractivity contribution < 1.29 is 4.79 Å². The van der Waals surface area contributed by atoms with Crippen molar-refractivity contribution in [2.45, 2.75) is 34.1 Å². The van der Waals surface area contributed by atoms with E-state index in [-0.39, 0.29) is 5.92 Å². The van der Waals surface area contributed by atoms with Gasteiger partial charge in [-0.1, -0.05) is 57.2 Å². The van der Waals surface area contributed by atoms with Crippen LogP contribution in [0.15, 0.2) is 36.5 Å². The molecule has 0 aromatic heterocycles. The Morgan fingerprint density at radius 2 is 2.00 bits per heavy atom. The molecule has 0 aromatic rings. The van der Waals surface area contributed by atoms with Crippen LogP contribution in [0.2, 0.25) is 0 Å². The van der Waals surface area contributed by atoms with Gasteiger partial charge in [-0.25, -0.2) is 0 Å². The maximum Gasteiger partial charge on any atom is 0.123 e. The molecule has 1 nitrogen and oxygen atoms in total. The highest BCUT2D eigenvalue weighted by atomic mass is 16.1. The van der Waals surface area contributed by atoms with E-state index in [1.807, 2.05) is 45.9 Å². The number of aldehydes is 1. The molecule has 0 radical (unpaired) electrons. The maximum atomic E-state index is 10.4. The van der Waals surface area contributed by atoms with Crippen molar-refractivity contribution in [1.82, 2.24) is 0 Å². The van der Waals surface area contributed by atoms with E-state index in [1.165, 1.54) is 5.57 Å². The van der Waals surface area contributed by atoms with Crippen LogP contribution in [0.1, 0.15) is 34.1 Å². The summed E-state index contributed by atoms with van der Waals surface area (Å²) >= 11 is 0. The standard InChI is InChI=1S/C11H16O.C2H6/c1-4-6-7-11(5-2)8-10(3)9-12;1-2/h4-7,9-10H,1,8H2,2-3H3;1-2H3/b7-6-,11-5+;. The quantitative estimate of drug-likeness (QED) is 0.479. The van der Waals surface area contributed by atoms with Gasteiger partial charge in [0.1, 0.15) is 6.29 Å². The Balaban J connectivity index is 0. The average Bonchev–Trinajstić information content (AvgIpc) is 2.26. The maximum absolute atomic E-state index is 10.4. The lowest BCUT2D eigenvalue weighted by molar-refractivity contribution is -0.110. The van der Waals surface area contributed by atoms with Gasteiger partial charge in [0.2, 0.25) is 0 Å². The number of hydrogen-bond donors (Lipinski definition) is 0. The van der Waals surface area contributed by atoms with Gasteiger partial charge < -0.3 is 4.79 Å². The summed E-state index contributed by atoms with van der Waals surface area (Å²) < 4.78 is 0. The summed E-state index contributed by atoms with van der Waals surface area (Å²) in [5.74, 6) is 0.102. The second kappa shape index (κ2) is 11.9. The van der Waals surface area contributed by atoms with Gasteiger partial charge in [-0.05, 0) is 13.3 Å². The zero-order valence-corrected chi connectivity index (χ0v) is 9.79. The molecule has 0 aromatic carbocycles. The molecule has 1 atom stereocenters. The van der Waals surface area contributed by atoms with E-state index in [9.17, 15) is 4.79 Å². The van der Waals surface area contributed by atoms with Gasteiger partial charge in [0.15, 0.2) is 0 Å². The zero-order valence-electron chi connectivity index (χ0n) is 9.79. The predicted molar refractivity (Wildman–Crippen MR) is 64.3 cm³/mol. The van der Waals surface area contributed by atoms with E-state index >= 15 is 0 Å². The van der Waals surface area contributed by atoms with Gasteiger partial charge in [-0.3, -0.25) is 0 Å². The largest absolute Gasteiger partial charge is 0.303 e. The summed E-state index contributed by atoms with van der Waals surface area (Å²) in [5.41, 5.74) is 1.18. The number of carbonyl (C=O) groups is 1. The van der Waals surface area contributed by atoms with E-state index in [2.05, 4.69) is 6.58 Å². The van der Waals surface area contributed by atoms with Crippen molar-refractivity contribution >= 4 is 6.29 Å². The highest BCUT2D eigenvalue weighted by Crippen LogP contribution is 2.10. The topological polar surface area (TPSA) is 17.1 Å². The molecule has 1 heteroatoms. The van der Waals surface area contributed by atoms with Crippen molar-refractivity contribution in [3.63, 3.8) is 0 Å². The first-order chi connectivity index (χ1) is 6.74. The molecular formula is C13H22O. The van der Waals surface area contributed by atoms with E-state index in [1.54, 1.807) is 6.08 Å². The summed E-state index contributed by atoms with van der Waals surface area (Å²) in [5, 5.41) is 0. The summed E-state index contributed by atoms with van der Waals surface area (Å²) in [6.45, 7) is 11.5. The molecule has 0 aliphatic heterocycles. The lowest BCUT2D eigenvalue weighted by Gasteiger charge is -2.02. The minimum Gasteiger partial charge on any atom is -0.303 e. The normalized spacial score (nSPS) is 13.0. The molecule has 0 aliphatic carbocycles. The molecule has 0 aliphatic rings. The van der Waals surface area contributed by atoms with Crippen LogP contribution in [-0.2, 0) is 4.79 Å². The predicted octanol–water partition coefficient (Wildman–Crippen LogP) is 3.93. The van der Waals surface area contributed by atoms with Crippen molar-refractivity contribution in [3.8, 4) is 0 Å². The molecule has 0 rings (SSSR count). The van der Waals surface area contributed by atoms with E-state index in [4.69, 9.17) is 0 Å². The molecular weight excluding hydrogens is 172 g/mol. The molecule has 1 unspecified atom stereocenters. The monoisotopic (exact) mass is 194 g/mol. The summed E-state index contributed by atoms with van der Waals surface area (Å²) in [6.07, 6.45) is 9.39.